The zero-order valence-corrected chi connectivity index (χ0v) is 12.4. The van der Waals surface area contributed by atoms with Crippen LogP contribution in [0.25, 0.3) is 10.6 Å². The van der Waals surface area contributed by atoms with Gasteiger partial charge in [-0.25, -0.2) is 0 Å². The fourth-order valence-corrected chi connectivity index (χ4v) is 2.56. The van der Waals surface area contributed by atoms with E-state index in [2.05, 4.69) is 10.5 Å². The number of carboxylic acid groups (broad SMARTS) is 1. The summed E-state index contributed by atoms with van der Waals surface area (Å²) in [6.45, 7) is 1.99. The van der Waals surface area contributed by atoms with Crippen LogP contribution in [0, 0.1) is 5.92 Å². The number of hydrogen-bond donors (Lipinski definition) is 2. The zero-order valence-electron chi connectivity index (χ0n) is 11.5. The average Bonchev–Trinajstić information content (AvgIpc) is 3.11. The molecule has 0 aromatic carbocycles. The quantitative estimate of drug-likeness (QED) is 0.820. The second-order valence-electron chi connectivity index (χ2n) is 4.59. The number of aromatic nitrogens is 1. The van der Waals surface area contributed by atoms with Gasteiger partial charge in [-0.3, -0.25) is 9.59 Å². The molecule has 112 valence electrons. The van der Waals surface area contributed by atoms with Crippen LogP contribution >= 0.6 is 11.3 Å². The molecule has 2 N–H and O–H groups in total. The summed E-state index contributed by atoms with van der Waals surface area (Å²) in [6, 6.07) is 5.30. The van der Waals surface area contributed by atoms with Gasteiger partial charge in [0.05, 0.1) is 10.8 Å². The topological polar surface area (TPSA) is 92.4 Å². The maximum atomic E-state index is 11.9. The molecule has 2 aromatic heterocycles. The summed E-state index contributed by atoms with van der Waals surface area (Å²) in [4.78, 5) is 23.8. The predicted molar refractivity (Wildman–Crippen MR) is 78.2 cm³/mol. The van der Waals surface area contributed by atoms with Gasteiger partial charge in [0.2, 0.25) is 0 Å². The summed E-state index contributed by atoms with van der Waals surface area (Å²) in [5.41, 5.74) is 0.152. The zero-order chi connectivity index (χ0) is 15.2. The van der Waals surface area contributed by atoms with Gasteiger partial charge in [0.1, 0.15) is 0 Å². The smallest absolute Gasteiger partial charge is 0.308 e. The van der Waals surface area contributed by atoms with Gasteiger partial charge in [-0.05, 0) is 17.9 Å². The van der Waals surface area contributed by atoms with E-state index in [4.69, 9.17) is 9.63 Å². The van der Waals surface area contributed by atoms with Gasteiger partial charge in [-0.1, -0.05) is 24.6 Å². The van der Waals surface area contributed by atoms with Crippen LogP contribution in [0.4, 0.5) is 0 Å². The van der Waals surface area contributed by atoms with Crippen LogP contribution in [-0.2, 0) is 4.79 Å². The van der Waals surface area contributed by atoms with Gasteiger partial charge in [0.15, 0.2) is 11.5 Å². The highest BCUT2D eigenvalue weighted by molar-refractivity contribution is 7.13. The Bertz CT molecular complexity index is 606. The lowest BCUT2D eigenvalue weighted by Gasteiger charge is -2.11. The van der Waals surface area contributed by atoms with Crippen molar-refractivity contribution in [2.75, 3.05) is 6.54 Å². The van der Waals surface area contributed by atoms with Crippen molar-refractivity contribution < 1.29 is 19.2 Å². The van der Waals surface area contributed by atoms with Crippen LogP contribution in [0.15, 0.2) is 28.1 Å². The second-order valence-corrected chi connectivity index (χ2v) is 5.54. The lowest BCUT2D eigenvalue weighted by atomic mass is 10.0. The van der Waals surface area contributed by atoms with Crippen molar-refractivity contribution in [1.82, 2.24) is 10.5 Å². The van der Waals surface area contributed by atoms with E-state index in [-0.39, 0.29) is 12.2 Å². The summed E-state index contributed by atoms with van der Waals surface area (Å²) in [7, 11) is 0. The molecule has 0 fully saturated rings. The first-order chi connectivity index (χ1) is 10.1. The Balaban J connectivity index is 1.96. The highest BCUT2D eigenvalue weighted by Crippen LogP contribution is 2.25. The molecule has 2 heterocycles. The maximum absolute atomic E-state index is 11.9. The van der Waals surface area contributed by atoms with Gasteiger partial charge in [0.25, 0.3) is 5.91 Å². The fraction of sp³-hybridized carbons (Fsp3) is 0.357. The van der Waals surface area contributed by atoms with E-state index < -0.39 is 17.8 Å². The largest absolute Gasteiger partial charge is 0.481 e. The Morgan fingerprint density at radius 2 is 2.33 bits per heavy atom. The number of nitrogens with one attached hydrogen (secondary N) is 1. The number of nitrogens with zero attached hydrogens (tertiary/aromatic N) is 1. The first-order valence-corrected chi connectivity index (χ1v) is 7.51. The molecular weight excluding hydrogens is 292 g/mol. The van der Waals surface area contributed by atoms with Crippen LogP contribution < -0.4 is 5.32 Å². The average molecular weight is 308 g/mol. The molecule has 1 unspecified atom stereocenters. The normalized spacial score (nSPS) is 12.0. The van der Waals surface area contributed by atoms with E-state index in [0.717, 1.165) is 11.3 Å². The molecule has 0 aliphatic heterocycles. The van der Waals surface area contributed by atoms with E-state index in [1.165, 1.54) is 11.3 Å². The molecule has 0 saturated heterocycles. The molecule has 0 aliphatic carbocycles. The molecule has 1 amide bonds. The summed E-state index contributed by atoms with van der Waals surface area (Å²) >= 11 is 1.49. The first kappa shape index (κ1) is 15.2. The molecule has 7 heteroatoms. The maximum Gasteiger partial charge on any atom is 0.308 e. The van der Waals surface area contributed by atoms with Crippen molar-refractivity contribution in [3.63, 3.8) is 0 Å². The van der Waals surface area contributed by atoms with Gasteiger partial charge in [0, 0.05) is 12.6 Å². The van der Waals surface area contributed by atoms with Crippen molar-refractivity contribution in [2.24, 2.45) is 5.92 Å². The minimum absolute atomic E-state index is 0.0865. The summed E-state index contributed by atoms with van der Waals surface area (Å²) < 4.78 is 5.12. The molecule has 2 rings (SSSR count). The van der Waals surface area contributed by atoms with Crippen molar-refractivity contribution in [3.8, 4) is 10.6 Å². The molecule has 21 heavy (non-hydrogen) atoms. The molecule has 0 radical (unpaired) electrons. The monoisotopic (exact) mass is 308 g/mol. The molecule has 6 nitrogen and oxygen atoms in total. The Morgan fingerprint density at radius 3 is 2.95 bits per heavy atom. The molecular formula is C14H16N2O4S. The van der Waals surface area contributed by atoms with Crippen LogP contribution in [0.3, 0.4) is 0 Å². The van der Waals surface area contributed by atoms with Crippen LogP contribution in [0.2, 0.25) is 0 Å². The number of carboxylic acids is 1. The van der Waals surface area contributed by atoms with Crippen molar-refractivity contribution in [3.05, 3.63) is 29.3 Å². The summed E-state index contributed by atoms with van der Waals surface area (Å²) in [6.07, 6.45) is 1.27. The van der Waals surface area contributed by atoms with Gasteiger partial charge in [-0.2, -0.15) is 0 Å². The number of carbonyl (C=O) groups is 2. The summed E-state index contributed by atoms with van der Waals surface area (Å²) in [5, 5.41) is 17.2. The predicted octanol–water partition coefficient (Wildman–Crippen LogP) is 2.63. The third-order valence-corrected chi connectivity index (χ3v) is 3.89. The Kier molecular flexibility index (Phi) is 5.10. The fourth-order valence-electron chi connectivity index (χ4n) is 1.88. The lowest BCUT2D eigenvalue weighted by Crippen LogP contribution is -2.33. The van der Waals surface area contributed by atoms with Gasteiger partial charge < -0.3 is 14.9 Å². The third kappa shape index (κ3) is 3.91. The van der Waals surface area contributed by atoms with Gasteiger partial charge in [-0.15, -0.1) is 11.3 Å². The standard InChI is InChI=1S/C14H16N2O4S/c1-2-4-9(14(18)19)8-15-13(17)10-7-11(20-16-10)12-5-3-6-21-12/h3,5-7,9H,2,4,8H2,1H3,(H,15,17)(H,18,19). The number of thiophene rings is 1. The molecule has 0 saturated carbocycles. The molecule has 0 aliphatic rings. The van der Waals surface area contributed by atoms with Crippen molar-refractivity contribution >= 4 is 23.2 Å². The second kappa shape index (κ2) is 7.03. The van der Waals surface area contributed by atoms with Gasteiger partial charge >= 0.3 is 5.97 Å². The highest BCUT2D eigenvalue weighted by Gasteiger charge is 2.19. The van der Waals surface area contributed by atoms with Crippen LogP contribution in [0.1, 0.15) is 30.3 Å². The molecule has 1 atom stereocenters. The molecule has 0 bridgehead atoms. The Hall–Kier alpha value is -2.15. The number of carbonyl (C=O) groups excluding carboxylic acids is 1. The van der Waals surface area contributed by atoms with E-state index in [9.17, 15) is 9.59 Å². The number of rotatable bonds is 7. The van der Waals surface area contributed by atoms with E-state index in [1.54, 1.807) is 6.07 Å². The van der Waals surface area contributed by atoms with Crippen molar-refractivity contribution in [1.29, 1.82) is 0 Å². The Morgan fingerprint density at radius 1 is 1.52 bits per heavy atom. The lowest BCUT2D eigenvalue weighted by molar-refractivity contribution is -0.141. The third-order valence-electron chi connectivity index (χ3n) is 3.00. The first-order valence-electron chi connectivity index (χ1n) is 6.63. The van der Waals surface area contributed by atoms with E-state index in [0.29, 0.717) is 12.2 Å². The number of aliphatic carboxylic acids is 1. The summed E-state index contributed by atoms with van der Waals surface area (Å²) in [5.74, 6) is -1.39. The number of hydrogen-bond acceptors (Lipinski definition) is 5. The highest BCUT2D eigenvalue weighted by atomic mass is 32.1. The van der Waals surface area contributed by atoms with E-state index >= 15 is 0 Å². The number of amides is 1. The molecule has 0 spiro atoms. The van der Waals surface area contributed by atoms with Crippen LogP contribution in [0.5, 0.6) is 0 Å². The van der Waals surface area contributed by atoms with E-state index in [1.807, 2.05) is 24.4 Å². The molecule has 2 aromatic rings. The van der Waals surface area contributed by atoms with Crippen molar-refractivity contribution in [2.45, 2.75) is 19.8 Å². The van der Waals surface area contributed by atoms with Crippen LogP contribution in [-0.4, -0.2) is 28.7 Å². The minimum atomic E-state index is -0.906. The minimum Gasteiger partial charge on any atom is -0.481 e. The SMILES string of the molecule is CCCC(CNC(=O)c1cc(-c2cccs2)on1)C(=O)O. The Labute approximate surface area is 125 Å².